The predicted molar refractivity (Wildman–Crippen MR) is 47.7 cm³/mol. The van der Waals surface area contributed by atoms with Gasteiger partial charge in [-0.3, -0.25) is 4.68 Å². The molecule has 1 aromatic heterocycles. The summed E-state index contributed by atoms with van der Waals surface area (Å²) < 4.78 is 1.81. The maximum atomic E-state index is 6.32. The molecule has 4 heteroatoms. The number of hydrogen-bond acceptors (Lipinski definition) is 3. The van der Waals surface area contributed by atoms with Crippen molar-refractivity contribution >= 4 is 0 Å². The Labute approximate surface area is 77.1 Å². The zero-order chi connectivity index (χ0) is 9.05. The van der Waals surface area contributed by atoms with Crippen LogP contribution in [-0.2, 0) is 12.6 Å². The smallest absolute Gasteiger partial charge is 0.146 e. The molecule has 2 saturated carbocycles. The van der Waals surface area contributed by atoms with Crippen molar-refractivity contribution in [3.63, 3.8) is 0 Å². The van der Waals surface area contributed by atoms with E-state index in [1.165, 1.54) is 6.42 Å². The Morgan fingerprint density at radius 2 is 2.23 bits per heavy atom. The fourth-order valence-corrected chi connectivity index (χ4v) is 2.76. The lowest BCUT2D eigenvalue weighted by Gasteiger charge is -2.24. The van der Waals surface area contributed by atoms with Crippen LogP contribution in [0, 0.1) is 11.8 Å². The van der Waals surface area contributed by atoms with Gasteiger partial charge in [-0.15, -0.1) is 0 Å². The molecule has 0 saturated heterocycles. The maximum Gasteiger partial charge on any atom is 0.146 e. The highest BCUT2D eigenvalue weighted by Crippen LogP contribution is 2.57. The van der Waals surface area contributed by atoms with E-state index < -0.39 is 0 Å². The van der Waals surface area contributed by atoms with E-state index in [0.29, 0.717) is 0 Å². The summed E-state index contributed by atoms with van der Waals surface area (Å²) >= 11 is 0. The van der Waals surface area contributed by atoms with Crippen LogP contribution in [0.4, 0.5) is 0 Å². The largest absolute Gasteiger partial charge is 0.319 e. The summed E-state index contributed by atoms with van der Waals surface area (Å²) in [5, 5.41) is 4.07. The Hall–Kier alpha value is -0.900. The summed E-state index contributed by atoms with van der Waals surface area (Å²) in [6.07, 6.45) is 5.18. The number of rotatable bonds is 1. The van der Waals surface area contributed by atoms with Crippen LogP contribution in [0.25, 0.3) is 0 Å². The van der Waals surface area contributed by atoms with E-state index in [1.807, 2.05) is 11.7 Å². The van der Waals surface area contributed by atoms with Gasteiger partial charge in [0.25, 0.3) is 0 Å². The van der Waals surface area contributed by atoms with Gasteiger partial charge in [0.2, 0.25) is 0 Å². The third-order valence-electron chi connectivity index (χ3n) is 3.48. The van der Waals surface area contributed by atoms with Crippen LogP contribution >= 0.6 is 0 Å². The fraction of sp³-hybridized carbons (Fsp3) is 0.778. The Morgan fingerprint density at radius 3 is 2.77 bits per heavy atom. The van der Waals surface area contributed by atoms with Crippen LogP contribution in [0.1, 0.15) is 25.1 Å². The third-order valence-corrected chi connectivity index (χ3v) is 3.48. The molecule has 2 aliphatic carbocycles. The van der Waals surface area contributed by atoms with Crippen LogP contribution < -0.4 is 5.73 Å². The van der Waals surface area contributed by atoms with E-state index in [1.54, 1.807) is 6.33 Å². The second-order valence-corrected chi connectivity index (χ2v) is 4.53. The number of aromatic nitrogens is 3. The van der Waals surface area contributed by atoms with E-state index in [9.17, 15) is 0 Å². The number of hydrogen-bond donors (Lipinski definition) is 1. The second kappa shape index (κ2) is 2.12. The molecule has 0 radical (unpaired) electrons. The minimum absolute atomic E-state index is 0.182. The van der Waals surface area contributed by atoms with Gasteiger partial charge in [0.15, 0.2) is 0 Å². The standard InChI is InChI=1S/C9H14N4/c1-13-8(11-5-12-13)9(10)3-6-2-7(6)4-9/h5-7H,2-4,10H2,1H3. The predicted octanol–water partition coefficient (Wildman–Crippen LogP) is 0.399. The van der Waals surface area contributed by atoms with Crippen molar-refractivity contribution in [1.29, 1.82) is 0 Å². The zero-order valence-corrected chi connectivity index (χ0v) is 7.77. The molecule has 1 aromatic rings. The molecule has 0 amide bonds. The van der Waals surface area contributed by atoms with E-state index in [-0.39, 0.29) is 5.54 Å². The molecule has 0 aliphatic heterocycles. The lowest BCUT2D eigenvalue weighted by Crippen LogP contribution is -2.37. The van der Waals surface area contributed by atoms with Gasteiger partial charge in [0.05, 0.1) is 5.54 Å². The van der Waals surface area contributed by atoms with E-state index in [4.69, 9.17) is 5.73 Å². The number of fused-ring (bicyclic) bond motifs is 1. The quantitative estimate of drug-likeness (QED) is 0.677. The summed E-state index contributed by atoms with van der Waals surface area (Å²) in [7, 11) is 1.92. The summed E-state index contributed by atoms with van der Waals surface area (Å²) in [5.74, 6) is 2.71. The molecule has 4 nitrogen and oxygen atoms in total. The van der Waals surface area contributed by atoms with Crippen molar-refractivity contribution in [2.24, 2.45) is 24.6 Å². The minimum atomic E-state index is -0.182. The lowest BCUT2D eigenvalue weighted by atomic mass is 9.94. The van der Waals surface area contributed by atoms with Crippen molar-refractivity contribution < 1.29 is 0 Å². The molecule has 0 spiro atoms. The first-order valence-corrected chi connectivity index (χ1v) is 4.82. The van der Waals surface area contributed by atoms with Gasteiger partial charge in [-0.1, -0.05) is 0 Å². The molecular formula is C9H14N4. The first-order chi connectivity index (χ1) is 6.19. The number of nitrogens with zero attached hydrogens (tertiary/aromatic N) is 3. The average molecular weight is 178 g/mol. The van der Waals surface area contributed by atoms with Crippen molar-refractivity contribution in [1.82, 2.24) is 14.8 Å². The summed E-state index contributed by atoms with van der Waals surface area (Å²) in [5.41, 5.74) is 6.14. The molecule has 13 heavy (non-hydrogen) atoms. The molecule has 2 N–H and O–H groups in total. The Balaban J connectivity index is 1.96. The van der Waals surface area contributed by atoms with Crippen molar-refractivity contribution in [2.45, 2.75) is 24.8 Å². The molecular weight excluding hydrogens is 164 g/mol. The SMILES string of the molecule is Cn1ncnc1C1(N)CC2CC2C1. The van der Waals surface area contributed by atoms with Crippen LogP contribution in [-0.4, -0.2) is 14.8 Å². The molecule has 70 valence electrons. The van der Waals surface area contributed by atoms with Crippen LogP contribution in [0.15, 0.2) is 6.33 Å². The van der Waals surface area contributed by atoms with Gasteiger partial charge in [-0.2, -0.15) is 5.10 Å². The van der Waals surface area contributed by atoms with Gasteiger partial charge < -0.3 is 5.73 Å². The molecule has 2 fully saturated rings. The molecule has 0 bridgehead atoms. The molecule has 1 heterocycles. The maximum absolute atomic E-state index is 6.32. The zero-order valence-electron chi connectivity index (χ0n) is 7.77. The number of nitrogens with two attached hydrogens (primary N) is 1. The Kier molecular flexibility index (Phi) is 1.22. The highest BCUT2D eigenvalue weighted by molar-refractivity contribution is 5.15. The van der Waals surface area contributed by atoms with Gasteiger partial charge in [-0.05, 0) is 31.1 Å². The van der Waals surface area contributed by atoms with E-state index in [2.05, 4.69) is 10.1 Å². The molecule has 2 aliphatic rings. The molecule has 2 unspecified atom stereocenters. The first kappa shape index (κ1) is 7.50. The molecule has 2 atom stereocenters. The third kappa shape index (κ3) is 0.950. The minimum Gasteiger partial charge on any atom is -0.319 e. The van der Waals surface area contributed by atoms with Crippen LogP contribution in [0.5, 0.6) is 0 Å². The van der Waals surface area contributed by atoms with Gasteiger partial charge in [0.1, 0.15) is 12.2 Å². The molecule has 3 rings (SSSR count). The summed E-state index contributed by atoms with van der Waals surface area (Å²) in [4.78, 5) is 4.25. The average Bonchev–Trinajstić information content (AvgIpc) is 2.54. The highest BCUT2D eigenvalue weighted by atomic mass is 15.3. The lowest BCUT2D eigenvalue weighted by molar-refractivity contribution is 0.370. The van der Waals surface area contributed by atoms with Crippen molar-refractivity contribution in [3.05, 3.63) is 12.2 Å². The summed E-state index contributed by atoms with van der Waals surface area (Å²) in [6.45, 7) is 0. The van der Waals surface area contributed by atoms with E-state index >= 15 is 0 Å². The topological polar surface area (TPSA) is 56.7 Å². The monoisotopic (exact) mass is 178 g/mol. The highest BCUT2D eigenvalue weighted by Gasteiger charge is 2.54. The Bertz CT molecular complexity index is 333. The Morgan fingerprint density at radius 1 is 1.54 bits per heavy atom. The van der Waals surface area contributed by atoms with Crippen molar-refractivity contribution in [2.75, 3.05) is 0 Å². The second-order valence-electron chi connectivity index (χ2n) is 4.53. The van der Waals surface area contributed by atoms with Gasteiger partial charge in [0, 0.05) is 7.05 Å². The fourth-order valence-electron chi connectivity index (χ4n) is 2.76. The molecule has 0 aromatic carbocycles. The van der Waals surface area contributed by atoms with Crippen LogP contribution in [0.3, 0.4) is 0 Å². The van der Waals surface area contributed by atoms with Crippen LogP contribution in [0.2, 0.25) is 0 Å². The van der Waals surface area contributed by atoms with Gasteiger partial charge in [-0.25, -0.2) is 4.98 Å². The van der Waals surface area contributed by atoms with E-state index in [0.717, 1.165) is 30.5 Å². The summed E-state index contributed by atoms with van der Waals surface area (Å²) in [6, 6.07) is 0. The normalized spacial score (nSPS) is 42.0. The number of aryl methyl sites for hydroxylation is 1. The van der Waals surface area contributed by atoms with Gasteiger partial charge >= 0.3 is 0 Å². The van der Waals surface area contributed by atoms with Crippen molar-refractivity contribution in [3.8, 4) is 0 Å². The first-order valence-electron chi connectivity index (χ1n) is 4.82.